The van der Waals surface area contributed by atoms with Crippen LogP contribution in [0.5, 0.6) is 0 Å². The van der Waals surface area contributed by atoms with Gasteiger partial charge in [0.05, 0.1) is 28.0 Å². The monoisotopic (exact) mass is 411 g/mol. The van der Waals surface area contributed by atoms with E-state index in [1.165, 1.54) is 0 Å². The molecular weight excluding hydrogens is 393 g/mol. The van der Waals surface area contributed by atoms with Crippen molar-refractivity contribution in [2.45, 2.75) is 13.8 Å². The van der Waals surface area contributed by atoms with Gasteiger partial charge >= 0.3 is 0 Å². The highest BCUT2D eigenvalue weighted by molar-refractivity contribution is 6.34. The van der Waals surface area contributed by atoms with Crippen LogP contribution in [0.15, 0.2) is 53.6 Å². The van der Waals surface area contributed by atoms with E-state index in [-0.39, 0.29) is 0 Å². The minimum Gasteiger partial charge on any atom is -0.316 e. The minimum atomic E-state index is 0.644. The topological polar surface area (TPSA) is 47.1 Å². The fourth-order valence-electron chi connectivity index (χ4n) is 3.35. The Morgan fingerprint density at radius 1 is 1.07 bits per heavy atom. The zero-order chi connectivity index (χ0) is 19.8. The number of anilines is 1. The standard InChI is InChI=1S/C21H19Cl2N5/c1-13-10-15(14(2)28(13)20-11-16(22)8-9-17(20)23)12-24-26-21-25-18-6-4-5-7-19(18)27(21)3/h4-12H,1-3H3,(H,25,26)/b24-12-. The minimum absolute atomic E-state index is 0.644. The number of nitrogens with zero attached hydrogens (tertiary/aromatic N) is 4. The van der Waals surface area contributed by atoms with E-state index in [0.717, 1.165) is 33.7 Å². The SMILES string of the molecule is Cc1cc(/C=N\Nc2nc3ccccc3n2C)c(C)n1-c1cc(Cl)ccc1Cl. The lowest BCUT2D eigenvalue weighted by Gasteiger charge is -2.12. The van der Waals surface area contributed by atoms with Crippen molar-refractivity contribution in [1.29, 1.82) is 0 Å². The molecule has 2 aromatic carbocycles. The van der Waals surface area contributed by atoms with Crippen molar-refractivity contribution in [2.75, 3.05) is 5.43 Å². The van der Waals surface area contributed by atoms with Crippen LogP contribution in [0.1, 0.15) is 17.0 Å². The Labute approximate surface area is 173 Å². The molecule has 0 unspecified atom stereocenters. The molecule has 5 nitrogen and oxygen atoms in total. The van der Waals surface area contributed by atoms with Gasteiger partial charge in [0.15, 0.2) is 0 Å². The molecule has 142 valence electrons. The first-order valence-corrected chi connectivity index (χ1v) is 9.56. The number of hydrogen-bond donors (Lipinski definition) is 1. The van der Waals surface area contributed by atoms with E-state index in [9.17, 15) is 0 Å². The Morgan fingerprint density at radius 2 is 1.86 bits per heavy atom. The second-order valence-corrected chi connectivity index (χ2v) is 7.45. The van der Waals surface area contributed by atoms with Crippen LogP contribution in [-0.2, 0) is 7.05 Å². The van der Waals surface area contributed by atoms with Crippen molar-refractivity contribution in [3.8, 4) is 5.69 Å². The number of imidazole rings is 1. The summed E-state index contributed by atoms with van der Waals surface area (Å²) in [5.41, 5.74) is 8.92. The van der Waals surface area contributed by atoms with Gasteiger partial charge in [0.25, 0.3) is 0 Å². The summed E-state index contributed by atoms with van der Waals surface area (Å²) < 4.78 is 4.05. The van der Waals surface area contributed by atoms with E-state index in [4.69, 9.17) is 23.2 Å². The summed E-state index contributed by atoms with van der Waals surface area (Å²) in [6, 6.07) is 15.5. The van der Waals surface area contributed by atoms with Gasteiger partial charge in [-0.25, -0.2) is 10.4 Å². The van der Waals surface area contributed by atoms with Gasteiger partial charge in [-0.2, -0.15) is 5.10 Å². The third-order valence-electron chi connectivity index (χ3n) is 4.77. The summed E-state index contributed by atoms with van der Waals surface area (Å²) in [4.78, 5) is 4.56. The van der Waals surface area contributed by atoms with Crippen LogP contribution in [0.3, 0.4) is 0 Å². The molecule has 0 spiro atoms. The van der Waals surface area contributed by atoms with Crippen LogP contribution in [0, 0.1) is 13.8 Å². The maximum atomic E-state index is 6.39. The summed E-state index contributed by atoms with van der Waals surface area (Å²) >= 11 is 12.5. The van der Waals surface area contributed by atoms with Crippen LogP contribution in [0.2, 0.25) is 10.0 Å². The van der Waals surface area contributed by atoms with Crippen molar-refractivity contribution in [1.82, 2.24) is 14.1 Å². The highest BCUT2D eigenvalue weighted by atomic mass is 35.5. The van der Waals surface area contributed by atoms with Crippen LogP contribution in [-0.4, -0.2) is 20.3 Å². The molecule has 4 aromatic rings. The predicted molar refractivity (Wildman–Crippen MR) is 117 cm³/mol. The number of hydrogen-bond acceptors (Lipinski definition) is 3. The fourth-order valence-corrected chi connectivity index (χ4v) is 3.72. The molecule has 0 atom stereocenters. The highest BCUT2D eigenvalue weighted by Crippen LogP contribution is 2.28. The van der Waals surface area contributed by atoms with E-state index in [2.05, 4.69) is 26.1 Å². The number of benzene rings is 2. The first-order valence-electron chi connectivity index (χ1n) is 8.80. The first kappa shape index (κ1) is 18.6. The van der Waals surface area contributed by atoms with E-state index >= 15 is 0 Å². The van der Waals surface area contributed by atoms with Gasteiger partial charge in [-0.15, -0.1) is 0 Å². The molecule has 4 rings (SSSR count). The fraction of sp³-hybridized carbons (Fsp3) is 0.143. The lowest BCUT2D eigenvalue weighted by Crippen LogP contribution is -2.01. The molecule has 7 heteroatoms. The van der Waals surface area contributed by atoms with Crippen molar-refractivity contribution < 1.29 is 0 Å². The number of aromatic nitrogens is 3. The van der Waals surface area contributed by atoms with Gasteiger partial charge in [0, 0.05) is 29.0 Å². The summed E-state index contributed by atoms with van der Waals surface area (Å²) in [6.45, 7) is 4.06. The molecule has 1 N–H and O–H groups in total. The normalized spacial score (nSPS) is 11.6. The molecule has 0 saturated heterocycles. The summed E-state index contributed by atoms with van der Waals surface area (Å²) in [5.74, 6) is 0.684. The number of rotatable bonds is 4. The lowest BCUT2D eigenvalue weighted by atomic mass is 10.2. The third-order valence-corrected chi connectivity index (χ3v) is 5.33. The van der Waals surface area contributed by atoms with E-state index in [1.807, 2.05) is 55.8 Å². The zero-order valence-corrected chi connectivity index (χ0v) is 17.3. The molecule has 28 heavy (non-hydrogen) atoms. The Bertz CT molecular complexity index is 1200. The smallest absolute Gasteiger partial charge is 0.224 e. The van der Waals surface area contributed by atoms with Gasteiger partial charge in [-0.1, -0.05) is 35.3 Å². The molecule has 0 amide bonds. The lowest BCUT2D eigenvalue weighted by molar-refractivity contribution is 0.943. The van der Waals surface area contributed by atoms with Crippen molar-refractivity contribution in [2.24, 2.45) is 12.1 Å². The first-order chi connectivity index (χ1) is 13.5. The van der Waals surface area contributed by atoms with Crippen molar-refractivity contribution in [3.63, 3.8) is 0 Å². The average molecular weight is 412 g/mol. The van der Waals surface area contributed by atoms with Crippen LogP contribution < -0.4 is 5.43 Å². The predicted octanol–water partition coefficient (Wildman–Crippen LogP) is 5.73. The quantitative estimate of drug-likeness (QED) is 0.344. The number of aryl methyl sites for hydroxylation is 2. The van der Waals surface area contributed by atoms with E-state index < -0.39 is 0 Å². The molecule has 0 aliphatic heterocycles. The second kappa shape index (κ2) is 7.34. The van der Waals surface area contributed by atoms with Gasteiger partial charge in [-0.3, -0.25) is 0 Å². The Hall–Kier alpha value is -2.76. The van der Waals surface area contributed by atoms with E-state index in [1.54, 1.807) is 18.3 Å². The highest BCUT2D eigenvalue weighted by Gasteiger charge is 2.13. The maximum absolute atomic E-state index is 6.39. The number of para-hydroxylation sites is 2. The molecule has 0 fully saturated rings. The average Bonchev–Trinajstić information content (AvgIpc) is 3.14. The zero-order valence-electron chi connectivity index (χ0n) is 15.7. The number of hydrazone groups is 1. The largest absolute Gasteiger partial charge is 0.316 e. The number of nitrogens with one attached hydrogen (secondary N) is 1. The van der Waals surface area contributed by atoms with Crippen LogP contribution >= 0.6 is 23.2 Å². The molecule has 2 heterocycles. The van der Waals surface area contributed by atoms with Crippen LogP contribution in [0.4, 0.5) is 5.95 Å². The number of fused-ring (bicyclic) bond motifs is 1. The van der Waals surface area contributed by atoms with Gasteiger partial charge in [0.1, 0.15) is 0 Å². The molecule has 0 radical (unpaired) electrons. The van der Waals surface area contributed by atoms with Crippen LogP contribution in [0.25, 0.3) is 16.7 Å². The molecule has 0 bridgehead atoms. The molecule has 0 aliphatic rings. The Morgan fingerprint density at radius 3 is 2.64 bits per heavy atom. The molecule has 0 aliphatic carbocycles. The summed E-state index contributed by atoms with van der Waals surface area (Å²) in [5, 5.41) is 5.68. The van der Waals surface area contributed by atoms with E-state index in [0.29, 0.717) is 16.0 Å². The van der Waals surface area contributed by atoms with Crippen molar-refractivity contribution in [3.05, 3.63) is 75.5 Å². The summed E-state index contributed by atoms with van der Waals surface area (Å²) in [6.07, 6.45) is 1.79. The number of halogens is 2. The molecule has 0 saturated carbocycles. The maximum Gasteiger partial charge on any atom is 0.224 e. The summed E-state index contributed by atoms with van der Waals surface area (Å²) in [7, 11) is 1.96. The molecule has 2 aromatic heterocycles. The Balaban J connectivity index is 1.63. The second-order valence-electron chi connectivity index (χ2n) is 6.61. The van der Waals surface area contributed by atoms with Crippen molar-refractivity contribution >= 4 is 46.4 Å². The Kier molecular flexibility index (Phi) is 4.87. The van der Waals surface area contributed by atoms with Gasteiger partial charge in [0.2, 0.25) is 5.95 Å². The molecular formula is C21H19Cl2N5. The van der Waals surface area contributed by atoms with Gasteiger partial charge < -0.3 is 9.13 Å². The third kappa shape index (κ3) is 3.28. The van der Waals surface area contributed by atoms with Gasteiger partial charge in [-0.05, 0) is 50.2 Å².